The molecule has 0 amide bonds. The molecule has 0 bridgehead atoms. The van der Waals surface area contributed by atoms with Gasteiger partial charge in [0.15, 0.2) is 0 Å². The van der Waals surface area contributed by atoms with E-state index in [2.05, 4.69) is 16.8 Å². The van der Waals surface area contributed by atoms with E-state index in [-0.39, 0.29) is 36.6 Å². The van der Waals surface area contributed by atoms with Crippen LogP contribution in [-0.2, 0) is 0 Å². The Morgan fingerprint density at radius 1 is 1.41 bits per heavy atom. The minimum Gasteiger partial charge on any atom is -0.506 e. The maximum atomic E-state index is 10.3. The average Bonchev–Trinajstić information content (AvgIpc) is 2.49. The fourth-order valence-corrected chi connectivity index (χ4v) is 2.83. The van der Waals surface area contributed by atoms with Crippen molar-refractivity contribution in [2.45, 2.75) is 12.5 Å². The number of aromatic hydroxyl groups is 1. The summed E-state index contributed by atoms with van der Waals surface area (Å²) in [5.74, 6) is 0.772. The molecule has 0 aromatic heterocycles. The molecule has 0 radical (unpaired) electrons. The molecule has 1 heterocycles. The SMILES string of the molecule is C=CC[C@@H](c1c(OC)ccc(Cl)c1O)N1CCNCC1.Cl.Cl. The van der Waals surface area contributed by atoms with Crippen LogP contribution in [0.25, 0.3) is 0 Å². The third kappa shape index (κ3) is 4.67. The first kappa shape index (κ1) is 21.4. The zero-order valence-corrected chi connectivity index (χ0v) is 14.9. The Kier molecular flexibility index (Phi) is 9.89. The molecule has 1 aliphatic heterocycles. The summed E-state index contributed by atoms with van der Waals surface area (Å²) in [5.41, 5.74) is 0.752. The number of benzene rings is 1. The Balaban J connectivity index is 0.00000220. The van der Waals surface area contributed by atoms with Crippen LogP contribution in [-0.4, -0.2) is 43.3 Å². The number of phenols is 1. The minimum absolute atomic E-state index is 0. The average molecular weight is 370 g/mol. The summed E-state index contributed by atoms with van der Waals surface area (Å²) >= 11 is 6.06. The first-order valence-corrected chi connectivity index (χ1v) is 7.17. The monoisotopic (exact) mass is 368 g/mol. The van der Waals surface area contributed by atoms with Crippen molar-refractivity contribution in [3.05, 3.63) is 35.4 Å². The van der Waals surface area contributed by atoms with Gasteiger partial charge in [-0.2, -0.15) is 0 Å². The van der Waals surface area contributed by atoms with Gasteiger partial charge in [0.1, 0.15) is 11.5 Å². The number of rotatable bonds is 5. The molecule has 1 aromatic carbocycles. The third-order valence-electron chi connectivity index (χ3n) is 3.66. The lowest BCUT2D eigenvalue weighted by Crippen LogP contribution is -2.45. The smallest absolute Gasteiger partial charge is 0.142 e. The molecular weight excluding hydrogens is 347 g/mol. The Labute approximate surface area is 149 Å². The van der Waals surface area contributed by atoms with E-state index in [0.717, 1.165) is 38.2 Å². The van der Waals surface area contributed by atoms with E-state index in [1.807, 2.05) is 6.08 Å². The highest BCUT2D eigenvalue weighted by molar-refractivity contribution is 6.32. The van der Waals surface area contributed by atoms with Crippen LogP contribution in [0.5, 0.6) is 11.5 Å². The van der Waals surface area contributed by atoms with Crippen LogP contribution in [0.1, 0.15) is 18.0 Å². The van der Waals surface area contributed by atoms with E-state index in [1.165, 1.54) is 0 Å². The predicted molar refractivity (Wildman–Crippen MR) is 96.2 cm³/mol. The lowest BCUT2D eigenvalue weighted by atomic mass is 9.99. The highest BCUT2D eigenvalue weighted by Crippen LogP contribution is 2.42. The number of hydrogen-bond donors (Lipinski definition) is 2. The zero-order valence-electron chi connectivity index (χ0n) is 12.5. The van der Waals surface area contributed by atoms with Crippen LogP contribution < -0.4 is 10.1 Å². The van der Waals surface area contributed by atoms with Gasteiger partial charge in [-0.05, 0) is 18.6 Å². The van der Waals surface area contributed by atoms with Crippen LogP contribution in [0.4, 0.5) is 0 Å². The predicted octanol–water partition coefficient (Wildman–Crippen LogP) is 3.42. The summed E-state index contributed by atoms with van der Waals surface area (Å²) in [7, 11) is 1.61. The Morgan fingerprint density at radius 3 is 2.59 bits per heavy atom. The van der Waals surface area contributed by atoms with E-state index in [0.29, 0.717) is 10.8 Å². The first-order chi connectivity index (χ1) is 9.69. The number of nitrogens with zero attached hydrogens (tertiary/aromatic N) is 1. The number of phenolic OH excluding ortho intramolecular Hbond substituents is 1. The first-order valence-electron chi connectivity index (χ1n) is 6.80. The topological polar surface area (TPSA) is 44.7 Å². The molecule has 4 nitrogen and oxygen atoms in total. The Hall–Kier alpha value is -0.650. The van der Waals surface area contributed by atoms with Crippen LogP contribution >= 0.6 is 36.4 Å². The number of hydrogen-bond acceptors (Lipinski definition) is 4. The molecule has 1 fully saturated rings. The number of ether oxygens (including phenoxy) is 1. The van der Waals surface area contributed by atoms with Crippen molar-refractivity contribution in [2.24, 2.45) is 0 Å². The molecular formula is C15H23Cl3N2O2. The van der Waals surface area contributed by atoms with E-state index < -0.39 is 0 Å². The third-order valence-corrected chi connectivity index (χ3v) is 3.97. The van der Waals surface area contributed by atoms with E-state index in [4.69, 9.17) is 16.3 Å². The summed E-state index contributed by atoms with van der Waals surface area (Å²) in [6, 6.07) is 3.49. The lowest BCUT2D eigenvalue weighted by Gasteiger charge is -2.35. The molecule has 0 unspecified atom stereocenters. The summed E-state index contributed by atoms with van der Waals surface area (Å²) in [4.78, 5) is 2.33. The standard InChI is InChI=1S/C15H21ClN2O2.2ClH/c1-3-4-12(18-9-7-17-8-10-18)14-13(20-2)6-5-11(16)15(14)19;;/h3,5-6,12,17,19H,1,4,7-10H2,2H3;2*1H/t12-;;/m0../s1. The van der Waals surface area contributed by atoms with Crippen molar-refractivity contribution in [3.63, 3.8) is 0 Å². The molecule has 126 valence electrons. The van der Waals surface area contributed by atoms with E-state index in [9.17, 15) is 5.11 Å². The fourth-order valence-electron chi connectivity index (χ4n) is 2.66. The maximum Gasteiger partial charge on any atom is 0.142 e. The van der Waals surface area contributed by atoms with Gasteiger partial charge in [-0.15, -0.1) is 31.4 Å². The maximum absolute atomic E-state index is 10.3. The van der Waals surface area contributed by atoms with Crippen LogP contribution in [0.3, 0.4) is 0 Å². The normalized spacial score (nSPS) is 16.1. The molecule has 2 rings (SSSR count). The van der Waals surface area contributed by atoms with Gasteiger partial charge < -0.3 is 15.2 Å². The summed E-state index contributed by atoms with van der Waals surface area (Å²) in [6.07, 6.45) is 2.61. The van der Waals surface area contributed by atoms with Crippen molar-refractivity contribution >= 4 is 36.4 Å². The Bertz CT molecular complexity index is 480. The second kappa shape index (κ2) is 10.2. The van der Waals surface area contributed by atoms with Gasteiger partial charge in [0.2, 0.25) is 0 Å². The van der Waals surface area contributed by atoms with Crippen molar-refractivity contribution in [1.29, 1.82) is 0 Å². The van der Waals surface area contributed by atoms with Gasteiger partial charge in [-0.25, -0.2) is 0 Å². The molecule has 0 spiro atoms. The zero-order chi connectivity index (χ0) is 14.5. The van der Waals surface area contributed by atoms with Gasteiger partial charge in [0, 0.05) is 32.2 Å². The van der Waals surface area contributed by atoms with Gasteiger partial charge in [-0.3, -0.25) is 4.90 Å². The molecule has 2 N–H and O–H groups in total. The second-order valence-electron chi connectivity index (χ2n) is 4.84. The molecule has 0 saturated carbocycles. The molecule has 1 aliphatic rings. The molecule has 7 heteroatoms. The quantitative estimate of drug-likeness (QED) is 0.781. The largest absolute Gasteiger partial charge is 0.506 e. The lowest BCUT2D eigenvalue weighted by molar-refractivity contribution is 0.169. The number of piperazine rings is 1. The number of halogens is 3. The van der Waals surface area contributed by atoms with Crippen molar-refractivity contribution in [2.75, 3.05) is 33.3 Å². The molecule has 1 aromatic rings. The van der Waals surface area contributed by atoms with E-state index in [1.54, 1.807) is 19.2 Å². The van der Waals surface area contributed by atoms with Gasteiger partial charge >= 0.3 is 0 Å². The van der Waals surface area contributed by atoms with Gasteiger partial charge in [0.25, 0.3) is 0 Å². The van der Waals surface area contributed by atoms with Gasteiger partial charge in [0.05, 0.1) is 17.7 Å². The number of nitrogens with one attached hydrogen (secondary N) is 1. The summed E-state index contributed by atoms with van der Waals surface area (Å²) in [5, 5.41) is 14.0. The summed E-state index contributed by atoms with van der Waals surface area (Å²) < 4.78 is 5.40. The van der Waals surface area contributed by atoms with Crippen molar-refractivity contribution in [3.8, 4) is 11.5 Å². The van der Waals surface area contributed by atoms with Crippen LogP contribution in [0, 0.1) is 0 Å². The van der Waals surface area contributed by atoms with E-state index >= 15 is 0 Å². The highest BCUT2D eigenvalue weighted by atomic mass is 35.5. The second-order valence-corrected chi connectivity index (χ2v) is 5.25. The fraction of sp³-hybridized carbons (Fsp3) is 0.467. The molecule has 22 heavy (non-hydrogen) atoms. The van der Waals surface area contributed by atoms with Crippen LogP contribution in [0.15, 0.2) is 24.8 Å². The summed E-state index contributed by atoms with van der Waals surface area (Å²) in [6.45, 7) is 7.56. The highest BCUT2D eigenvalue weighted by Gasteiger charge is 2.27. The van der Waals surface area contributed by atoms with Crippen molar-refractivity contribution < 1.29 is 9.84 Å². The minimum atomic E-state index is 0. The Morgan fingerprint density at radius 2 is 2.05 bits per heavy atom. The molecule has 1 saturated heterocycles. The van der Waals surface area contributed by atoms with Crippen molar-refractivity contribution in [1.82, 2.24) is 10.2 Å². The van der Waals surface area contributed by atoms with Crippen LogP contribution in [0.2, 0.25) is 5.02 Å². The molecule has 1 atom stereocenters. The van der Waals surface area contributed by atoms with Gasteiger partial charge in [-0.1, -0.05) is 17.7 Å². The molecule has 0 aliphatic carbocycles. The number of methoxy groups -OCH3 is 1.